The Labute approximate surface area is 105 Å². The fourth-order valence-electron chi connectivity index (χ4n) is 1.68. The monoisotopic (exact) mass is 241 g/mol. The van der Waals surface area contributed by atoms with Crippen molar-refractivity contribution in [2.45, 2.75) is 32.8 Å². The first-order valence-electron chi connectivity index (χ1n) is 6.40. The number of allylic oxidation sites excluding steroid dienone is 1. The van der Waals surface area contributed by atoms with Gasteiger partial charge in [-0.25, -0.2) is 0 Å². The van der Waals surface area contributed by atoms with E-state index in [2.05, 4.69) is 34.3 Å². The van der Waals surface area contributed by atoms with Crippen molar-refractivity contribution in [3.63, 3.8) is 0 Å². The van der Waals surface area contributed by atoms with Crippen molar-refractivity contribution in [3.8, 4) is 0 Å². The van der Waals surface area contributed by atoms with Crippen LogP contribution >= 0.6 is 0 Å². The molecule has 1 atom stereocenters. The Hall–Kier alpha value is -0.870. The SMILES string of the molecule is C/C=C\CCN(CCC)CC(O)CNC=NC. The van der Waals surface area contributed by atoms with Crippen LogP contribution in [0.1, 0.15) is 26.7 Å². The van der Waals surface area contributed by atoms with Gasteiger partial charge in [0.05, 0.1) is 12.4 Å². The van der Waals surface area contributed by atoms with Crippen molar-refractivity contribution in [3.05, 3.63) is 12.2 Å². The number of nitrogens with zero attached hydrogens (tertiary/aromatic N) is 2. The second-order valence-corrected chi connectivity index (χ2v) is 4.11. The molecule has 0 aromatic carbocycles. The van der Waals surface area contributed by atoms with E-state index in [1.807, 2.05) is 6.92 Å². The van der Waals surface area contributed by atoms with Crippen LogP contribution in [0, 0.1) is 0 Å². The van der Waals surface area contributed by atoms with Gasteiger partial charge in [-0.15, -0.1) is 0 Å². The summed E-state index contributed by atoms with van der Waals surface area (Å²) in [7, 11) is 1.71. The fourth-order valence-corrected chi connectivity index (χ4v) is 1.68. The quantitative estimate of drug-likeness (QED) is 0.344. The van der Waals surface area contributed by atoms with E-state index in [0.29, 0.717) is 6.54 Å². The third-order valence-corrected chi connectivity index (χ3v) is 2.43. The first-order valence-corrected chi connectivity index (χ1v) is 6.40. The van der Waals surface area contributed by atoms with Crippen LogP contribution in [0.2, 0.25) is 0 Å². The minimum atomic E-state index is -0.342. The van der Waals surface area contributed by atoms with Crippen LogP contribution in [0.4, 0.5) is 0 Å². The van der Waals surface area contributed by atoms with E-state index in [4.69, 9.17) is 0 Å². The largest absolute Gasteiger partial charge is 0.390 e. The zero-order valence-corrected chi connectivity index (χ0v) is 11.4. The zero-order valence-electron chi connectivity index (χ0n) is 11.4. The third kappa shape index (κ3) is 10.0. The van der Waals surface area contributed by atoms with Crippen LogP contribution in [0.3, 0.4) is 0 Å². The molecule has 4 nitrogen and oxygen atoms in total. The molecule has 0 heterocycles. The summed E-state index contributed by atoms with van der Waals surface area (Å²) in [6.07, 6.45) is 7.67. The molecule has 0 spiro atoms. The van der Waals surface area contributed by atoms with Crippen molar-refractivity contribution in [1.29, 1.82) is 0 Å². The summed E-state index contributed by atoms with van der Waals surface area (Å²) in [6, 6.07) is 0. The minimum absolute atomic E-state index is 0.342. The number of hydrogen-bond acceptors (Lipinski definition) is 3. The molecule has 0 aliphatic heterocycles. The molecule has 17 heavy (non-hydrogen) atoms. The lowest BCUT2D eigenvalue weighted by atomic mass is 10.2. The average Bonchev–Trinajstić information content (AvgIpc) is 2.30. The Morgan fingerprint density at radius 2 is 2.18 bits per heavy atom. The average molecular weight is 241 g/mol. The van der Waals surface area contributed by atoms with Gasteiger partial charge in [0, 0.05) is 26.7 Å². The predicted molar refractivity (Wildman–Crippen MR) is 74.6 cm³/mol. The molecule has 0 aliphatic carbocycles. The maximum Gasteiger partial charge on any atom is 0.0839 e. The molecule has 2 N–H and O–H groups in total. The van der Waals surface area contributed by atoms with Crippen LogP contribution in [0.25, 0.3) is 0 Å². The summed E-state index contributed by atoms with van der Waals surface area (Å²) in [5, 5.41) is 12.8. The maximum atomic E-state index is 9.85. The minimum Gasteiger partial charge on any atom is -0.390 e. The van der Waals surface area contributed by atoms with Crippen LogP contribution in [-0.4, -0.2) is 55.7 Å². The van der Waals surface area contributed by atoms with Gasteiger partial charge in [0.25, 0.3) is 0 Å². The smallest absolute Gasteiger partial charge is 0.0839 e. The zero-order chi connectivity index (χ0) is 12.9. The van der Waals surface area contributed by atoms with Crippen LogP contribution in [0.5, 0.6) is 0 Å². The highest BCUT2D eigenvalue weighted by Gasteiger charge is 2.09. The fraction of sp³-hybridized carbons (Fsp3) is 0.769. The van der Waals surface area contributed by atoms with Crippen LogP contribution < -0.4 is 5.32 Å². The highest BCUT2D eigenvalue weighted by Crippen LogP contribution is 1.97. The second-order valence-electron chi connectivity index (χ2n) is 4.11. The summed E-state index contributed by atoms with van der Waals surface area (Å²) in [6.45, 7) is 7.52. The van der Waals surface area contributed by atoms with Crippen molar-refractivity contribution in [1.82, 2.24) is 10.2 Å². The highest BCUT2D eigenvalue weighted by molar-refractivity contribution is 5.53. The van der Waals surface area contributed by atoms with Gasteiger partial charge in [-0.05, 0) is 26.3 Å². The molecule has 0 aromatic heterocycles. The number of rotatable bonds is 10. The standard InChI is InChI=1S/C13H27N3O/c1-4-6-7-9-16(8-5-2)11-13(17)10-15-12-14-3/h4,6,12-13,17H,5,7-11H2,1-3H3,(H,14,15)/b6-4-. The van der Waals surface area contributed by atoms with Gasteiger partial charge >= 0.3 is 0 Å². The van der Waals surface area contributed by atoms with E-state index in [1.165, 1.54) is 0 Å². The summed E-state index contributed by atoms with van der Waals surface area (Å²) in [5.41, 5.74) is 0. The molecule has 100 valence electrons. The molecule has 0 saturated heterocycles. The number of hydrogen-bond donors (Lipinski definition) is 2. The number of nitrogens with one attached hydrogen (secondary N) is 1. The first kappa shape index (κ1) is 16.1. The lowest BCUT2D eigenvalue weighted by Gasteiger charge is -2.24. The lowest BCUT2D eigenvalue weighted by Crippen LogP contribution is -2.38. The molecule has 0 radical (unpaired) electrons. The van der Waals surface area contributed by atoms with Gasteiger partial charge in [0.2, 0.25) is 0 Å². The Balaban J connectivity index is 3.86. The third-order valence-electron chi connectivity index (χ3n) is 2.43. The molecule has 0 rings (SSSR count). The molecule has 0 saturated carbocycles. The van der Waals surface area contributed by atoms with Crippen LogP contribution in [-0.2, 0) is 0 Å². The van der Waals surface area contributed by atoms with Gasteiger partial charge < -0.3 is 15.3 Å². The Kier molecular flexibility index (Phi) is 11.0. The van der Waals surface area contributed by atoms with E-state index >= 15 is 0 Å². The normalized spacial score (nSPS) is 13.9. The van der Waals surface area contributed by atoms with E-state index < -0.39 is 0 Å². The molecule has 0 aromatic rings. The Morgan fingerprint density at radius 3 is 2.76 bits per heavy atom. The van der Waals surface area contributed by atoms with Crippen LogP contribution in [0.15, 0.2) is 17.1 Å². The van der Waals surface area contributed by atoms with E-state index in [-0.39, 0.29) is 6.10 Å². The molecule has 0 aliphatic rings. The van der Waals surface area contributed by atoms with Gasteiger partial charge in [-0.1, -0.05) is 19.1 Å². The number of aliphatic hydroxyl groups is 1. The van der Waals surface area contributed by atoms with Crippen molar-refractivity contribution in [2.75, 3.05) is 33.2 Å². The van der Waals surface area contributed by atoms with Gasteiger partial charge in [0.1, 0.15) is 0 Å². The predicted octanol–water partition coefficient (Wildman–Crippen LogP) is 1.27. The lowest BCUT2D eigenvalue weighted by molar-refractivity contribution is 0.116. The topological polar surface area (TPSA) is 47.9 Å². The van der Waals surface area contributed by atoms with Crippen molar-refractivity contribution >= 4 is 6.34 Å². The summed E-state index contributed by atoms with van der Waals surface area (Å²) < 4.78 is 0. The van der Waals surface area contributed by atoms with Gasteiger partial charge in [-0.3, -0.25) is 4.99 Å². The molecule has 0 bridgehead atoms. The van der Waals surface area contributed by atoms with Gasteiger partial charge in [0.15, 0.2) is 0 Å². The summed E-state index contributed by atoms with van der Waals surface area (Å²) in [5.74, 6) is 0. The Morgan fingerprint density at radius 1 is 1.41 bits per heavy atom. The maximum absolute atomic E-state index is 9.85. The van der Waals surface area contributed by atoms with Gasteiger partial charge in [-0.2, -0.15) is 0 Å². The molecule has 4 heteroatoms. The summed E-state index contributed by atoms with van der Waals surface area (Å²) in [4.78, 5) is 6.11. The summed E-state index contributed by atoms with van der Waals surface area (Å²) >= 11 is 0. The van der Waals surface area contributed by atoms with E-state index in [1.54, 1.807) is 13.4 Å². The highest BCUT2D eigenvalue weighted by atomic mass is 16.3. The molecule has 0 amide bonds. The molecule has 0 fully saturated rings. The van der Waals surface area contributed by atoms with Crippen molar-refractivity contribution < 1.29 is 5.11 Å². The molecule has 1 unspecified atom stereocenters. The Bertz CT molecular complexity index is 217. The van der Waals surface area contributed by atoms with E-state index in [9.17, 15) is 5.11 Å². The first-order chi connectivity index (χ1) is 8.24. The van der Waals surface area contributed by atoms with E-state index in [0.717, 1.165) is 32.5 Å². The molecular formula is C13H27N3O. The number of aliphatic imine (C=N–C) groups is 1. The van der Waals surface area contributed by atoms with Crippen molar-refractivity contribution in [2.24, 2.45) is 4.99 Å². The number of aliphatic hydroxyl groups excluding tert-OH is 1. The molecular weight excluding hydrogens is 214 g/mol. The second kappa shape index (κ2) is 11.6.